The van der Waals surface area contributed by atoms with Crippen LogP contribution in [0.5, 0.6) is 11.5 Å². The molecule has 1 aliphatic rings. The number of halogens is 1. The lowest BCUT2D eigenvalue weighted by Crippen LogP contribution is -2.39. The van der Waals surface area contributed by atoms with Crippen LogP contribution in [-0.4, -0.2) is 28.8 Å². The fourth-order valence-corrected chi connectivity index (χ4v) is 4.96. The van der Waals surface area contributed by atoms with E-state index in [1.54, 1.807) is 6.20 Å². The maximum Gasteiger partial charge on any atom is 0.404 e. The van der Waals surface area contributed by atoms with Crippen molar-refractivity contribution in [1.82, 2.24) is 10.3 Å². The lowest BCUT2D eigenvalue weighted by atomic mass is 9.83. The summed E-state index contributed by atoms with van der Waals surface area (Å²) in [6, 6.07) is 5.65. The zero-order valence-corrected chi connectivity index (χ0v) is 20.9. The number of pyridine rings is 1. The van der Waals surface area contributed by atoms with Gasteiger partial charge in [-0.05, 0) is 65.8 Å². The summed E-state index contributed by atoms with van der Waals surface area (Å²) >= 11 is 2.25. The van der Waals surface area contributed by atoms with Crippen LogP contribution in [0, 0.1) is 14.9 Å². The molecule has 0 spiro atoms. The number of fused-ring (bicyclic) bond motifs is 3. The van der Waals surface area contributed by atoms with Crippen molar-refractivity contribution in [1.29, 1.82) is 0 Å². The Kier molecular flexibility index (Phi) is 7.34. The van der Waals surface area contributed by atoms with Gasteiger partial charge in [0.2, 0.25) is 0 Å². The SMILES string of the molecule is CC(C[C@@H](COc1cc2c(cc1I)-c1cnccc1C(C)O2)NC(=O)O)CC(C)(C)C. The van der Waals surface area contributed by atoms with Crippen molar-refractivity contribution in [2.24, 2.45) is 11.3 Å². The van der Waals surface area contributed by atoms with Gasteiger partial charge in [0.05, 0.1) is 9.61 Å². The van der Waals surface area contributed by atoms with Crippen molar-refractivity contribution in [3.8, 4) is 22.6 Å². The zero-order valence-electron chi connectivity index (χ0n) is 18.7. The first-order chi connectivity index (χ1) is 14.5. The Labute approximate surface area is 197 Å². The molecule has 1 aromatic heterocycles. The van der Waals surface area contributed by atoms with Gasteiger partial charge in [0.1, 0.15) is 24.2 Å². The summed E-state index contributed by atoms with van der Waals surface area (Å²) < 4.78 is 13.2. The highest BCUT2D eigenvalue weighted by Gasteiger charge is 2.26. The second kappa shape index (κ2) is 9.63. The topological polar surface area (TPSA) is 80.7 Å². The van der Waals surface area contributed by atoms with Crippen LogP contribution in [0.4, 0.5) is 4.79 Å². The van der Waals surface area contributed by atoms with Gasteiger partial charge in [-0.1, -0.05) is 27.7 Å². The molecular weight excluding hydrogens is 507 g/mol. The Morgan fingerprint density at radius 3 is 2.77 bits per heavy atom. The number of ether oxygens (including phenoxy) is 2. The summed E-state index contributed by atoms with van der Waals surface area (Å²) in [4.78, 5) is 15.6. The number of aromatic nitrogens is 1. The molecule has 1 aromatic carbocycles. The summed E-state index contributed by atoms with van der Waals surface area (Å²) in [5, 5.41) is 11.9. The normalized spacial score (nSPS) is 17.0. The van der Waals surface area contributed by atoms with Crippen LogP contribution in [0.25, 0.3) is 11.1 Å². The van der Waals surface area contributed by atoms with E-state index in [-0.39, 0.29) is 24.2 Å². The smallest absolute Gasteiger partial charge is 0.404 e. The number of carbonyl (C=O) groups is 1. The van der Waals surface area contributed by atoms with E-state index >= 15 is 0 Å². The maximum atomic E-state index is 11.3. The fraction of sp³-hybridized carbons (Fsp3) is 0.500. The summed E-state index contributed by atoms with van der Waals surface area (Å²) in [5.41, 5.74) is 3.38. The van der Waals surface area contributed by atoms with Crippen LogP contribution < -0.4 is 14.8 Å². The summed E-state index contributed by atoms with van der Waals surface area (Å²) in [5.74, 6) is 1.82. The number of rotatable bonds is 7. The Hall–Kier alpha value is -2.03. The molecule has 1 amide bonds. The minimum atomic E-state index is -1.03. The molecule has 2 N–H and O–H groups in total. The second-order valence-electron chi connectivity index (χ2n) is 9.56. The second-order valence-corrected chi connectivity index (χ2v) is 10.7. The number of hydrogen-bond acceptors (Lipinski definition) is 4. The summed E-state index contributed by atoms with van der Waals surface area (Å²) in [6.45, 7) is 11.0. The van der Waals surface area contributed by atoms with Gasteiger partial charge >= 0.3 is 6.09 Å². The standard InChI is InChI=1S/C24H31IN2O4/c1-14(11-24(3,4)5)8-16(27-23(28)29)13-30-22-10-21-18(9-20(22)25)19-12-26-7-6-17(19)15(2)31-21/h6-7,9-10,12,14-16,27H,8,11,13H2,1-5H3,(H,28,29)/t14?,15?,16-/m0/s1. The van der Waals surface area contributed by atoms with Crippen molar-refractivity contribution in [3.63, 3.8) is 0 Å². The van der Waals surface area contributed by atoms with E-state index < -0.39 is 6.09 Å². The lowest BCUT2D eigenvalue weighted by molar-refractivity contribution is 0.171. The molecule has 1 aliphatic heterocycles. The third-order valence-corrected chi connectivity index (χ3v) is 6.18. The van der Waals surface area contributed by atoms with Gasteiger partial charge < -0.3 is 19.9 Å². The molecule has 2 unspecified atom stereocenters. The third kappa shape index (κ3) is 6.24. The minimum Gasteiger partial charge on any atom is -0.490 e. The largest absolute Gasteiger partial charge is 0.490 e. The minimum absolute atomic E-state index is 0.0712. The molecule has 6 nitrogen and oxygen atoms in total. The van der Waals surface area contributed by atoms with Gasteiger partial charge in [0.15, 0.2) is 0 Å². The van der Waals surface area contributed by atoms with Gasteiger partial charge in [-0.15, -0.1) is 0 Å². The van der Waals surface area contributed by atoms with Gasteiger partial charge in [-0.3, -0.25) is 4.98 Å². The van der Waals surface area contributed by atoms with E-state index in [0.29, 0.717) is 11.7 Å². The van der Waals surface area contributed by atoms with Crippen LogP contribution in [0.15, 0.2) is 30.6 Å². The first kappa shape index (κ1) is 23.6. The Morgan fingerprint density at radius 1 is 1.35 bits per heavy atom. The molecule has 3 atom stereocenters. The van der Waals surface area contributed by atoms with Crippen LogP contribution in [0.2, 0.25) is 0 Å². The zero-order chi connectivity index (χ0) is 22.8. The van der Waals surface area contributed by atoms with Crippen LogP contribution in [-0.2, 0) is 0 Å². The molecule has 0 bridgehead atoms. The van der Waals surface area contributed by atoms with Crippen LogP contribution in [0.1, 0.15) is 59.1 Å². The first-order valence-electron chi connectivity index (χ1n) is 10.6. The highest BCUT2D eigenvalue weighted by atomic mass is 127. The van der Waals surface area contributed by atoms with Crippen molar-refractivity contribution < 1.29 is 19.4 Å². The van der Waals surface area contributed by atoms with Gasteiger partial charge in [0.25, 0.3) is 0 Å². The summed E-state index contributed by atoms with van der Waals surface area (Å²) in [7, 11) is 0. The predicted molar refractivity (Wildman–Crippen MR) is 130 cm³/mol. The molecule has 168 valence electrons. The number of benzene rings is 1. The molecule has 3 rings (SSSR count). The molecular formula is C24H31IN2O4. The molecule has 0 saturated heterocycles. The van der Waals surface area contributed by atoms with Gasteiger partial charge in [-0.25, -0.2) is 4.79 Å². The van der Waals surface area contributed by atoms with E-state index in [9.17, 15) is 9.90 Å². The Balaban J connectivity index is 1.76. The molecule has 0 fully saturated rings. The van der Waals surface area contributed by atoms with Crippen LogP contribution >= 0.6 is 22.6 Å². The van der Waals surface area contributed by atoms with Crippen molar-refractivity contribution >= 4 is 28.7 Å². The average Bonchev–Trinajstić information content (AvgIpc) is 2.65. The quantitative estimate of drug-likeness (QED) is 0.406. The Bertz CT molecular complexity index is 942. The van der Waals surface area contributed by atoms with E-state index in [1.165, 1.54) is 0 Å². The summed E-state index contributed by atoms with van der Waals surface area (Å²) in [6.07, 6.45) is 4.28. The molecule has 0 aliphatic carbocycles. The highest BCUT2D eigenvalue weighted by molar-refractivity contribution is 14.1. The molecule has 31 heavy (non-hydrogen) atoms. The third-order valence-electron chi connectivity index (χ3n) is 5.34. The number of nitrogens with one attached hydrogen (secondary N) is 1. The van der Waals surface area contributed by atoms with Crippen molar-refractivity contribution in [3.05, 3.63) is 39.7 Å². The molecule has 0 saturated carbocycles. The first-order valence-corrected chi connectivity index (χ1v) is 11.7. The maximum absolute atomic E-state index is 11.3. The average molecular weight is 538 g/mol. The molecule has 2 aromatic rings. The van der Waals surface area contributed by atoms with Crippen molar-refractivity contribution in [2.75, 3.05) is 6.61 Å². The van der Waals surface area contributed by atoms with E-state index in [1.807, 2.05) is 31.3 Å². The predicted octanol–water partition coefficient (Wildman–Crippen LogP) is 6.28. The molecule has 7 heteroatoms. The van der Waals surface area contributed by atoms with Gasteiger partial charge in [0, 0.05) is 35.2 Å². The van der Waals surface area contributed by atoms with E-state index in [0.717, 1.165) is 38.9 Å². The molecule has 0 radical (unpaired) electrons. The lowest BCUT2D eigenvalue weighted by Gasteiger charge is -2.28. The number of nitrogens with zero attached hydrogens (tertiary/aromatic N) is 1. The van der Waals surface area contributed by atoms with Crippen LogP contribution in [0.3, 0.4) is 0 Å². The monoisotopic (exact) mass is 538 g/mol. The van der Waals surface area contributed by atoms with Gasteiger partial charge in [-0.2, -0.15) is 0 Å². The Morgan fingerprint density at radius 2 is 2.10 bits per heavy atom. The molecule has 2 heterocycles. The number of carboxylic acid groups (broad SMARTS) is 1. The number of amides is 1. The van der Waals surface area contributed by atoms with E-state index in [2.05, 4.69) is 60.6 Å². The highest BCUT2D eigenvalue weighted by Crippen LogP contribution is 2.45. The van der Waals surface area contributed by atoms with Crippen molar-refractivity contribution in [2.45, 2.75) is 59.6 Å². The fourth-order valence-electron chi connectivity index (χ4n) is 4.34. The number of hydrogen-bond donors (Lipinski definition) is 2. The van der Waals surface area contributed by atoms with E-state index in [4.69, 9.17) is 9.47 Å².